The highest BCUT2D eigenvalue weighted by Crippen LogP contribution is 2.31. The van der Waals surface area contributed by atoms with Gasteiger partial charge in [-0.25, -0.2) is 4.79 Å². The first-order valence-electron chi connectivity index (χ1n) is 9.12. The summed E-state index contributed by atoms with van der Waals surface area (Å²) in [5.74, 6) is 1.43. The predicted molar refractivity (Wildman–Crippen MR) is 108 cm³/mol. The third kappa shape index (κ3) is 4.27. The fraction of sp³-hybridized carbons (Fsp3) is 0.381. The Kier molecular flexibility index (Phi) is 5.74. The minimum Gasteiger partial charge on any atom is -0.493 e. The quantitative estimate of drug-likeness (QED) is 0.893. The maximum Gasteiger partial charge on any atom is 0.321 e. The molecule has 0 spiro atoms. The van der Waals surface area contributed by atoms with Gasteiger partial charge in [0.2, 0.25) is 0 Å². The molecule has 2 amide bonds. The zero-order chi connectivity index (χ0) is 19.4. The van der Waals surface area contributed by atoms with Crippen LogP contribution in [0.25, 0.3) is 0 Å². The highest BCUT2D eigenvalue weighted by Gasteiger charge is 2.22. The van der Waals surface area contributed by atoms with Gasteiger partial charge in [0.15, 0.2) is 11.5 Å². The zero-order valence-electron chi connectivity index (χ0n) is 16.4. The minimum atomic E-state index is -0.0473. The molecule has 1 aliphatic heterocycles. The van der Waals surface area contributed by atoms with E-state index in [1.807, 2.05) is 49.1 Å². The Balaban J connectivity index is 1.60. The number of methoxy groups -OCH3 is 2. The molecule has 0 aromatic heterocycles. The number of urea groups is 1. The molecule has 1 aliphatic rings. The lowest BCUT2D eigenvalue weighted by atomic mass is 10.1. The van der Waals surface area contributed by atoms with Crippen LogP contribution in [0, 0.1) is 13.8 Å². The first kappa shape index (κ1) is 18.9. The van der Waals surface area contributed by atoms with Gasteiger partial charge in [0.1, 0.15) is 0 Å². The third-order valence-corrected chi connectivity index (χ3v) is 4.92. The Bertz CT molecular complexity index is 814. The number of benzene rings is 2. The van der Waals surface area contributed by atoms with Crippen molar-refractivity contribution in [2.24, 2.45) is 0 Å². The summed E-state index contributed by atoms with van der Waals surface area (Å²) in [4.78, 5) is 16.7. The van der Waals surface area contributed by atoms with Gasteiger partial charge in [-0.1, -0.05) is 17.7 Å². The Morgan fingerprint density at radius 1 is 0.926 bits per heavy atom. The number of piperazine rings is 1. The summed E-state index contributed by atoms with van der Waals surface area (Å²) in [7, 11) is 3.27. The second kappa shape index (κ2) is 8.20. The summed E-state index contributed by atoms with van der Waals surface area (Å²) >= 11 is 0. The Morgan fingerprint density at radius 3 is 2.26 bits per heavy atom. The van der Waals surface area contributed by atoms with Crippen molar-refractivity contribution in [1.29, 1.82) is 0 Å². The van der Waals surface area contributed by atoms with Gasteiger partial charge in [-0.3, -0.25) is 0 Å². The number of nitrogens with zero attached hydrogens (tertiary/aromatic N) is 2. The molecule has 0 unspecified atom stereocenters. The van der Waals surface area contributed by atoms with Crippen LogP contribution in [0.2, 0.25) is 0 Å². The zero-order valence-corrected chi connectivity index (χ0v) is 16.4. The van der Waals surface area contributed by atoms with E-state index in [0.29, 0.717) is 24.6 Å². The molecule has 6 nitrogen and oxygen atoms in total. The number of ether oxygens (including phenoxy) is 2. The van der Waals surface area contributed by atoms with E-state index in [1.54, 1.807) is 14.2 Å². The third-order valence-electron chi connectivity index (χ3n) is 4.92. The highest BCUT2D eigenvalue weighted by atomic mass is 16.5. The lowest BCUT2D eigenvalue weighted by Crippen LogP contribution is -2.50. The number of amides is 2. The number of nitrogens with one attached hydrogen (secondary N) is 1. The number of hydrogen-bond donors (Lipinski definition) is 1. The van der Waals surface area contributed by atoms with Crippen molar-refractivity contribution < 1.29 is 14.3 Å². The molecule has 0 atom stereocenters. The molecule has 3 rings (SSSR count). The molecular formula is C21H27N3O3. The number of carbonyl (C=O) groups is 1. The number of anilines is 2. The Hall–Kier alpha value is -2.89. The Labute approximate surface area is 160 Å². The van der Waals surface area contributed by atoms with Crippen LogP contribution in [0.1, 0.15) is 11.1 Å². The molecule has 1 heterocycles. The van der Waals surface area contributed by atoms with Crippen molar-refractivity contribution in [3.05, 3.63) is 47.5 Å². The first-order valence-corrected chi connectivity index (χ1v) is 9.12. The number of aryl methyl sites for hydroxylation is 2. The summed E-state index contributed by atoms with van der Waals surface area (Å²) in [6, 6.07) is 11.9. The van der Waals surface area contributed by atoms with Crippen LogP contribution in [0.3, 0.4) is 0 Å². The summed E-state index contributed by atoms with van der Waals surface area (Å²) in [6.45, 7) is 6.95. The SMILES string of the molecule is COc1ccc(N2CCN(C(=O)Nc3ccc(C)cc3C)CC2)cc1OC. The van der Waals surface area contributed by atoms with Crippen molar-refractivity contribution in [3.8, 4) is 11.5 Å². The lowest BCUT2D eigenvalue weighted by molar-refractivity contribution is 0.208. The molecule has 0 aliphatic carbocycles. The van der Waals surface area contributed by atoms with E-state index < -0.39 is 0 Å². The molecule has 1 saturated heterocycles. The standard InChI is InChI=1S/C21H27N3O3/c1-15-5-7-18(16(2)13-15)22-21(25)24-11-9-23(10-12-24)17-6-8-19(26-3)20(14-17)27-4/h5-8,13-14H,9-12H2,1-4H3,(H,22,25). The van der Waals surface area contributed by atoms with Crippen molar-refractivity contribution in [2.45, 2.75) is 13.8 Å². The average molecular weight is 369 g/mol. The highest BCUT2D eigenvalue weighted by molar-refractivity contribution is 5.90. The van der Waals surface area contributed by atoms with Crippen LogP contribution in [0.15, 0.2) is 36.4 Å². The predicted octanol–water partition coefficient (Wildman–Crippen LogP) is 3.67. The monoisotopic (exact) mass is 369 g/mol. The first-order chi connectivity index (χ1) is 13.0. The van der Waals surface area contributed by atoms with Gasteiger partial charge in [-0.2, -0.15) is 0 Å². The molecule has 144 valence electrons. The smallest absolute Gasteiger partial charge is 0.321 e. The van der Waals surface area contributed by atoms with Gasteiger partial charge in [-0.05, 0) is 37.6 Å². The summed E-state index contributed by atoms with van der Waals surface area (Å²) in [5.41, 5.74) is 4.20. The van der Waals surface area contributed by atoms with Crippen LogP contribution in [0.4, 0.5) is 16.2 Å². The van der Waals surface area contributed by atoms with Gasteiger partial charge in [-0.15, -0.1) is 0 Å². The number of hydrogen-bond acceptors (Lipinski definition) is 4. The van der Waals surface area contributed by atoms with E-state index in [9.17, 15) is 4.79 Å². The van der Waals surface area contributed by atoms with Gasteiger partial charge in [0.25, 0.3) is 0 Å². The molecule has 0 saturated carbocycles. The Morgan fingerprint density at radius 2 is 1.63 bits per heavy atom. The van der Waals surface area contributed by atoms with Gasteiger partial charge >= 0.3 is 6.03 Å². The summed E-state index contributed by atoms with van der Waals surface area (Å²) in [5, 5.41) is 3.03. The molecule has 0 bridgehead atoms. The van der Waals surface area contributed by atoms with Crippen LogP contribution in [-0.2, 0) is 0 Å². The summed E-state index contributed by atoms with van der Waals surface area (Å²) in [6.07, 6.45) is 0. The van der Waals surface area contributed by atoms with Crippen molar-refractivity contribution in [1.82, 2.24) is 4.90 Å². The molecule has 6 heteroatoms. The molecule has 1 N–H and O–H groups in total. The molecule has 2 aromatic rings. The normalized spacial score (nSPS) is 14.1. The van der Waals surface area contributed by atoms with E-state index in [2.05, 4.69) is 16.3 Å². The maximum absolute atomic E-state index is 12.6. The molecule has 0 radical (unpaired) electrons. The largest absolute Gasteiger partial charge is 0.493 e. The molecule has 27 heavy (non-hydrogen) atoms. The fourth-order valence-corrected chi connectivity index (χ4v) is 3.34. The maximum atomic E-state index is 12.6. The molecule has 2 aromatic carbocycles. The van der Waals surface area contributed by atoms with Crippen molar-refractivity contribution in [3.63, 3.8) is 0 Å². The number of carbonyl (C=O) groups excluding carboxylic acids is 1. The van der Waals surface area contributed by atoms with E-state index in [4.69, 9.17) is 9.47 Å². The van der Waals surface area contributed by atoms with Crippen LogP contribution >= 0.6 is 0 Å². The van der Waals surface area contributed by atoms with E-state index in [-0.39, 0.29) is 6.03 Å². The topological polar surface area (TPSA) is 54.0 Å². The molecular weight excluding hydrogens is 342 g/mol. The van der Waals surface area contributed by atoms with Crippen LogP contribution in [0.5, 0.6) is 11.5 Å². The van der Waals surface area contributed by atoms with E-state index in [1.165, 1.54) is 5.56 Å². The second-order valence-corrected chi connectivity index (χ2v) is 6.76. The molecule has 1 fully saturated rings. The van der Waals surface area contributed by atoms with Crippen LogP contribution < -0.4 is 19.7 Å². The fourth-order valence-electron chi connectivity index (χ4n) is 3.34. The van der Waals surface area contributed by atoms with Crippen molar-refractivity contribution in [2.75, 3.05) is 50.6 Å². The van der Waals surface area contributed by atoms with Gasteiger partial charge in [0.05, 0.1) is 14.2 Å². The number of rotatable bonds is 4. The van der Waals surface area contributed by atoms with Gasteiger partial charge in [0, 0.05) is 43.6 Å². The lowest BCUT2D eigenvalue weighted by Gasteiger charge is -2.36. The minimum absolute atomic E-state index is 0.0473. The van der Waals surface area contributed by atoms with Gasteiger partial charge < -0.3 is 24.6 Å². The average Bonchev–Trinajstić information content (AvgIpc) is 2.69. The van der Waals surface area contributed by atoms with Crippen molar-refractivity contribution >= 4 is 17.4 Å². The second-order valence-electron chi connectivity index (χ2n) is 6.76. The van der Waals surface area contributed by atoms with E-state index in [0.717, 1.165) is 30.0 Å². The summed E-state index contributed by atoms with van der Waals surface area (Å²) < 4.78 is 10.7. The van der Waals surface area contributed by atoms with Crippen LogP contribution in [-0.4, -0.2) is 51.3 Å². The van der Waals surface area contributed by atoms with E-state index >= 15 is 0 Å².